The van der Waals surface area contributed by atoms with Crippen molar-refractivity contribution in [2.45, 2.75) is 20.8 Å². The molecule has 76 valence electrons. The lowest BCUT2D eigenvalue weighted by Crippen LogP contribution is -2.21. The Bertz CT molecular complexity index is 371. The Morgan fingerprint density at radius 3 is 2.36 bits per heavy atom. The highest BCUT2D eigenvalue weighted by atomic mass is 32.1. The number of hydrogen-bond acceptors (Lipinski definition) is 3. The van der Waals surface area contributed by atoms with E-state index < -0.39 is 11.4 Å². The third kappa shape index (κ3) is 2.01. The smallest absolute Gasteiger partial charge is 0.346 e. The van der Waals surface area contributed by atoms with Crippen LogP contribution in [0.15, 0.2) is 11.4 Å². The first kappa shape index (κ1) is 10.9. The van der Waals surface area contributed by atoms with Crippen molar-refractivity contribution in [2.75, 3.05) is 0 Å². The Morgan fingerprint density at radius 1 is 1.36 bits per heavy atom. The summed E-state index contributed by atoms with van der Waals surface area (Å²) in [5.74, 6) is -1.16. The molecule has 1 rings (SSSR count). The van der Waals surface area contributed by atoms with Crippen molar-refractivity contribution in [1.29, 1.82) is 0 Å². The van der Waals surface area contributed by atoms with Crippen molar-refractivity contribution in [3.63, 3.8) is 0 Å². The van der Waals surface area contributed by atoms with E-state index in [1.807, 2.05) is 0 Å². The molecule has 0 unspecified atom stereocenters. The SMILES string of the molecule is CC(C)(C)C(=O)c1ccsc1C(=O)O. The van der Waals surface area contributed by atoms with Crippen LogP contribution in [-0.4, -0.2) is 16.9 Å². The summed E-state index contributed by atoms with van der Waals surface area (Å²) in [6, 6.07) is 1.57. The molecule has 3 nitrogen and oxygen atoms in total. The minimum absolute atomic E-state index is 0.129. The molecule has 1 aromatic rings. The van der Waals surface area contributed by atoms with Crippen molar-refractivity contribution in [1.82, 2.24) is 0 Å². The Labute approximate surface area is 86.4 Å². The lowest BCUT2D eigenvalue weighted by molar-refractivity contribution is 0.0693. The second-order valence-corrected chi connectivity index (χ2v) is 4.96. The second-order valence-electron chi connectivity index (χ2n) is 4.05. The quantitative estimate of drug-likeness (QED) is 0.767. The summed E-state index contributed by atoms with van der Waals surface area (Å²) in [6.45, 7) is 5.33. The van der Waals surface area contributed by atoms with E-state index in [0.29, 0.717) is 5.56 Å². The van der Waals surface area contributed by atoms with Crippen LogP contribution in [0.5, 0.6) is 0 Å². The summed E-state index contributed by atoms with van der Waals surface area (Å²) in [5, 5.41) is 10.5. The lowest BCUT2D eigenvalue weighted by atomic mass is 9.87. The molecule has 14 heavy (non-hydrogen) atoms. The third-order valence-corrected chi connectivity index (χ3v) is 2.69. The van der Waals surface area contributed by atoms with Crippen LogP contribution in [0, 0.1) is 5.41 Å². The minimum Gasteiger partial charge on any atom is -0.477 e. The molecule has 0 aromatic carbocycles. The van der Waals surface area contributed by atoms with Crippen molar-refractivity contribution in [2.24, 2.45) is 5.41 Å². The van der Waals surface area contributed by atoms with Crippen molar-refractivity contribution < 1.29 is 14.7 Å². The van der Waals surface area contributed by atoms with Crippen molar-refractivity contribution in [3.8, 4) is 0 Å². The van der Waals surface area contributed by atoms with Gasteiger partial charge < -0.3 is 5.11 Å². The predicted molar refractivity (Wildman–Crippen MR) is 55.1 cm³/mol. The molecule has 0 amide bonds. The zero-order valence-corrected chi connectivity index (χ0v) is 9.14. The highest BCUT2D eigenvalue weighted by Crippen LogP contribution is 2.26. The highest BCUT2D eigenvalue weighted by Gasteiger charge is 2.27. The number of ketones is 1. The summed E-state index contributed by atoms with van der Waals surface area (Å²) in [4.78, 5) is 22.7. The molecular weight excluding hydrogens is 200 g/mol. The van der Waals surface area contributed by atoms with Crippen LogP contribution in [0.4, 0.5) is 0 Å². The van der Waals surface area contributed by atoms with Gasteiger partial charge in [0.15, 0.2) is 5.78 Å². The molecule has 0 aliphatic heterocycles. The van der Waals surface area contributed by atoms with Gasteiger partial charge in [-0.1, -0.05) is 20.8 Å². The molecule has 0 atom stereocenters. The Balaban J connectivity index is 3.14. The van der Waals surface area contributed by atoms with Gasteiger partial charge in [0.1, 0.15) is 4.88 Å². The molecule has 0 saturated carbocycles. The van der Waals surface area contributed by atoms with Crippen LogP contribution in [0.2, 0.25) is 0 Å². The number of carbonyl (C=O) groups excluding carboxylic acids is 1. The first-order chi connectivity index (χ1) is 6.34. The third-order valence-electron chi connectivity index (χ3n) is 1.79. The fourth-order valence-electron chi connectivity index (χ4n) is 1.06. The van der Waals surface area contributed by atoms with Crippen LogP contribution >= 0.6 is 11.3 Å². The molecule has 4 heteroatoms. The maximum absolute atomic E-state index is 11.8. The summed E-state index contributed by atoms with van der Waals surface area (Å²) in [6.07, 6.45) is 0. The summed E-state index contributed by atoms with van der Waals surface area (Å²) >= 11 is 1.08. The number of hydrogen-bond donors (Lipinski definition) is 1. The zero-order chi connectivity index (χ0) is 10.9. The molecule has 1 N–H and O–H groups in total. The molecule has 0 saturated heterocycles. The van der Waals surface area contributed by atoms with Crippen LogP contribution in [0.1, 0.15) is 40.8 Å². The van der Waals surface area contributed by atoms with Crippen LogP contribution < -0.4 is 0 Å². The average molecular weight is 212 g/mol. The van der Waals surface area contributed by atoms with E-state index >= 15 is 0 Å². The van der Waals surface area contributed by atoms with Crippen LogP contribution in [0.25, 0.3) is 0 Å². The second kappa shape index (κ2) is 3.53. The molecular formula is C10H12O3S. The number of aromatic carboxylic acids is 1. The average Bonchev–Trinajstić information content (AvgIpc) is 2.48. The predicted octanol–water partition coefficient (Wildman–Crippen LogP) is 2.68. The van der Waals surface area contributed by atoms with Gasteiger partial charge in [-0.15, -0.1) is 11.3 Å². The Morgan fingerprint density at radius 2 is 1.93 bits per heavy atom. The zero-order valence-electron chi connectivity index (χ0n) is 8.33. The fraction of sp³-hybridized carbons (Fsp3) is 0.400. The van der Waals surface area contributed by atoms with E-state index in [4.69, 9.17) is 5.11 Å². The molecule has 0 bridgehead atoms. The maximum Gasteiger partial charge on any atom is 0.346 e. The molecule has 1 aromatic heterocycles. The normalized spacial score (nSPS) is 11.4. The Kier molecular flexibility index (Phi) is 2.76. The number of rotatable bonds is 2. The first-order valence-corrected chi connectivity index (χ1v) is 5.07. The molecule has 0 radical (unpaired) electrons. The van der Waals surface area contributed by atoms with Gasteiger partial charge in [-0.05, 0) is 11.4 Å². The molecule has 0 aliphatic carbocycles. The number of thiophene rings is 1. The number of Topliss-reactive ketones (excluding diaryl/α,β-unsaturated/α-hetero) is 1. The van der Waals surface area contributed by atoms with Gasteiger partial charge in [0.2, 0.25) is 0 Å². The van der Waals surface area contributed by atoms with Gasteiger partial charge >= 0.3 is 5.97 Å². The maximum atomic E-state index is 11.8. The topological polar surface area (TPSA) is 54.4 Å². The standard InChI is InChI=1S/C10H12O3S/c1-10(2,3)8(11)6-4-5-14-7(6)9(12)13/h4-5H,1-3H3,(H,12,13). The first-order valence-electron chi connectivity index (χ1n) is 4.19. The fourth-order valence-corrected chi connectivity index (χ4v) is 1.79. The van der Waals surface area contributed by atoms with E-state index in [2.05, 4.69) is 0 Å². The highest BCUT2D eigenvalue weighted by molar-refractivity contribution is 7.12. The molecule has 1 heterocycles. The van der Waals surface area contributed by atoms with E-state index in [9.17, 15) is 9.59 Å². The van der Waals surface area contributed by atoms with Gasteiger partial charge in [-0.3, -0.25) is 4.79 Å². The number of carboxylic acids is 1. The van der Waals surface area contributed by atoms with E-state index in [0.717, 1.165) is 11.3 Å². The van der Waals surface area contributed by atoms with Gasteiger partial charge in [0.25, 0.3) is 0 Å². The minimum atomic E-state index is -1.03. The lowest BCUT2D eigenvalue weighted by Gasteiger charge is -2.15. The number of carboxylic acid groups (broad SMARTS) is 1. The number of carbonyl (C=O) groups is 2. The van der Waals surface area contributed by atoms with Crippen LogP contribution in [-0.2, 0) is 0 Å². The molecule has 0 fully saturated rings. The van der Waals surface area contributed by atoms with Gasteiger partial charge in [0.05, 0.1) is 0 Å². The summed E-state index contributed by atoms with van der Waals surface area (Å²) in [7, 11) is 0. The molecule has 0 spiro atoms. The monoisotopic (exact) mass is 212 g/mol. The summed E-state index contributed by atoms with van der Waals surface area (Å²) in [5.41, 5.74) is -0.222. The van der Waals surface area contributed by atoms with Gasteiger partial charge in [-0.2, -0.15) is 0 Å². The summed E-state index contributed by atoms with van der Waals surface area (Å²) < 4.78 is 0. The van der Waals surface area contributed by atoms with E-state index in [1.54, 1.807) is 32.2 Å². The molecule has 0 aliphatic rings. The van der Waals surface area contributed by atoms with Crippen molar-refractivity contribution in [3.05, 3.63) is 21.9 Å². The van der Waals surface area contributed by atoms with Gasteiger partial charge in [0, 0.05) is 11.0 Å². The Hall–Kier alpha value is -1.16. The van der Waals surface area contributed by atoms with E-state index in [-0.39, 0.29) is 10.7 Å². The van der Waals surface area contributed by atoms with E-state index in [1.165, 1.54) is 0 Å². The van der Waals surface area contributed by atoms with Gasteiger partial charge in [-0.25, -0.2) is 4.79 Å². The van der Waals surface area contributed by atoms with Crippen LogP contribution in [0.3, 0.4) is 0 Å². The largest absolute Gasteiger partial charge is 0.477 e. The van der Waals surface area contributed by atoms with Crippen molar-refractivity contribution >= 4 is 23.1 Å².